The first kappa shape index (κ1) is 7.46. The van der Waals surface area contributed by atoms with E-state index in [4.69, 9.17) is 0 Å². The Morgan fingerprint density at radius 2 is 1.86 bits per heavy atom. The summed E-state index contributed by atoms with van der Waals surface area (Å²) in [5.41, 5.74) is 0. The Morgan fingerprint density at radius 3 is 1.86 bits per heavy atom. The van der Waals surface area contributed by atoms with Crippen LogP contribution in [0.25, 0.3) is 0 Å². The number of hydrogen-bond donors (Lipinski definition) is 0. The lowest BCUT2D eigenvalue weighted by molar-refractivity contribution is -0.288. The van der Waals surface area contributed by atoms with Crippen LogP contribution in [0.1, 0.15) is 0 Å². The molecule has 0 bridgehead atoms. The minimum absolute atomic E-state index is 1.36. The highest BCUT2D eigenvalue weighted by Gasteiger charge is 1.77. The second kappa shape index (κ2) is 2.15. The molecule has 0 unspecified atom stereocenters. The molecule has 0 saturated heterocycles. The second-order valence-electron chi connectivity index (χ2n) is 0.763. The fraction of sp³-hybridized carbons (Fsp3) is 0. The lowest BCUT2D eigenvalue weighted by Crippen LogP contribution is -2.18. The van der Waals surface area contributed by atoms with E-state index in [-0.39, 0.29) is 0 Å². The van der Waals surface area contributed by atoms with Crippen LogP contribution < -0.4 is 9.79 Å². The van der Waals surface area contributed by atoms with Gasteiger partial charge in [0.1, 0.15) is 0 Å². The molecule has 42 valence electrons. The van der Waals surface area contributed by atoms with E-state index in [9.17, 15) is 14.6 Å². The molecule has 0 N–H and O–H groups in total. The first-order chi connectivity index (χ1) is 2.94. The average Bonchev–Trinajstić information content (AvgIpc) is 1.31. The number of carbonyl (C=O) groups is 1. The zero-order valence-corrected chi connectivity index (χ0v) is 5.52. The Kier molecular flexibility index (Phi) is 2.29. The van der Waals surface area contributed by atoms with E-state index >= 15 is 0 Å². The van der Waals surface area contributed by atoms with E-state index in [1.165, 1.54) is 0 Å². The standard InChI is InChI=1S/CH3O3PS2/c2-1(6)5(3,4)7/h(H,2,6)(H2,3,4,7)/p-3. The zero-order chi connectivity index (χ0) is 6.08. The van der Waals surface area contributed by atoms with Gasteiger partial charge < -0.3 is 27.2 Å². The van der Waals surface area contributed by atoms with Crippen molar-refractivity contribution in [3.63, 3.8) is 0 Å². The highest BCUT2D eigenvalue weighted by molar-refractivity contribution is 8.24. The maximum Gasteiger partial charge on any atom is 0.0155 e. The first-order valence-corrected chi connectivity index (χ1v) is 4.23. The third-order valence-electron chi connectivity index (χ3n) is 0.224. The predicted octanol–water partition coefficient (Wildman–Crippen LogP) is -1.32. The van der Waals surface area contributed by atoms with E-state index in [2.05, 4.69) is 24.4 Å². The van der Waals surface area contributed by atoms with Crippen LogP contribution in [0.4, 0.5) is 4.79 Å². The van der Waals surface area contributed by atoms with Gasteiger partial charge in [-0.15, -0.1) is 11.8 Å². The van der Waals surface area contributed by atoms with Crippen molar-refractivity contribution in [2.75, 3.05) is 0 Å². The molecule has 0 aliphatic carbocycles. The third kappa shape index (κ3) is 3.08. The van der Waals surface area contributed by atoms with Crippen LogP contribution in [0.2, 0.25) is 0 Å². The highest BCUT2D eigenvalue weighted by atomic mass is 32.5. The van der Waals surface area contributed by atoms with Crippen molar-refractivity contribution in [3.8, 4) is 0 Å². The van der Waals surface area contributed by atoms with Gasteiger partial charge in [-0.3, -0.25) is 0 Å². The molecule has 0 aromatic heterocycles. The maximum atomic E-state index is 9.72. The fourth-order valence-electron chi connectivity index (χ4n) is 0. The number of hydrogen-bond acceptors (Lipinski definition) is 5. The normalized spacial score (nSPS) is 11.1. The molecule has 0 heterocycles. The lowest BCUT2D eigenvalue weighted by Gasteiger charge is -2.36. The summed E-state index contributed by atoms with van der Waals surface area (Å²) in [4.78, 5) is 27.7. The monoisotopic (exact) mass is 155 g/mol. The molecule has 0 rings (SSSR count). The number of rotatable bonds is 1. The van der Waals surface area contributed by atoms with Crippen LogP contribution in [0.3, 0.4) is 0 Å². The summed E-state index contributed by atoms with van der Waals surface area (Å²) in [5, 5.41) is 0. The van der Waals surface area contributed by atoms with E-state index in [0.717, 1.165) is 0 Å². The highest BCUT2D eigenvalue weighted by Crippen LogP contribution is 2.23. The van der Waals surface area contributed by atoms with Gasteiger partial charge in [-0.1, -0.05) is 0 Å². The molecule has 0 radical (unpaired) electrons. The van der Waals surface area contributed by atoms with Gasteiger partial charge in [0.25, 0.3) is 0 Å². The summed E-state index contributed by atoms with van der Waals surface area (Å²) in [5.74, 6) is 0. The first-order valence-electron chi connectivity index (χ1n) is 1.18. The quantitative estimate of drug-likeness (QED) is 0.347. The van der Waals surface area contributed by atoms with Crippen LogP contribution >= 0.6 is 6.49 Å². The summed E-state index contributed by atoms with van der Waals surface area (Å²) in [6.45, 7) is -4.23. The Labute approximate surface area is 50.9 Å². The van der Waals surface area contributed by atoms with Crippen molar-refractivity contribution >= 4 is 35.8 Å². The molecule has 0 fully saturated rings. The van der Waals surface area contributed by atoms with Gasteiger partial charge in [0.15, 0.2) is 0 Å². The average molecular weight is 155 g/mol. The molecule has 7 heavy (non-hydrogen) atoms. The Bertz CT molecular complexity index is 125. The van der Waals surface area contributed by atoms with E-state index in [1.807, 2.05) is 0 Å². The van der Waals surface area contributed by atoms with E-state index in [0.29, 0.717) is 0 Å². The third-order valence-corrected chi connectivity index (χ3v) is 2.24. The summed E-state index contributed by atoms with van der Waals surface area (Å²) in [7, 11) is 0. The molecule has 0 aromatic rings. The van der Waals surface area contributed by atoms with Gasteiger partial charge in [-0.05, 0) is 0 Å². The zero-order valence-electron chi connectivity index (χ0n) is 2.99. The smallest absolute Gasteiger partial charge is 0.0155 e. The van der Waals surface area contributed by atoms with Crippen molar-refractivity contribution in [1.29, 1.82) is 0 Å². The molecule has 0 aliphatic rings. The van der Waals surface area contributed by atoms with Crippen molar-refractivity contribution in [3.05, 3.63) is 0 Å². The van der Waals surface area contributed by atoms with Crippen LogP contribution in [-0.2, 0) is 24.4 Å². The van der Waals surface area contributed by atoms with Gasteiger partial charge in [-0.2, -0.15) is 6.49 Å². The lowest BCUT2D eigenvalue weighted by atomic mass is 11.8. The van der Waals surface area contributed by atoms with Crippen LogP contribution in [-0.4, -0.2) is 4.86 Å². The van der Waals surface area contributed by atoms with Crippen molar-refractivity contribution < 1.29 is 14.6 Å². The summed E-state index contributed by atoms with van der Waals surface area (Å²) < 4.78 is 0. The predicted molar refractivity (Wildman–Crippen MR) is 27.0 cm³/mol. The van der Waals surface area contributed by atoms with Gasteiger partial charge in [-0.25, -0.2) is 0 Å². The summed E-state index contributed by atoms with van der Waals surface area (Å²) in [6, 6.07) is 0. The second-order valence-corrected chi connectivity index (χ2v) is 4.28. The minimum atomic E-state index is -4.23. The Morgan fingerprint density at radius 1 is 1.71 bits per heavy atom. The summed E-state index contributed by atoms with van der Waals surface area (Å²) in [6.07, 6.45) is 0. The minimum Gasteiger partial charge on any atom is -0.828 e. The molecule has 0 aromatic carbocycles. The largest absolute Gasteiger partial charge is 0.828 e. The maximum absolute atomic E-state index is 9.72. The van der Waals surface area contributed by atoms with Gasteiger partial charge in [0.2, 0.25) is 0 Å². The molecule has 3 nitrogen and oxygen atoms in total. The fourth-order valence-corrected chi connectivity index (χ4v) is 0. The Balaban J connectivity index is 4.09. The molecule has 6 heteroatoms. The van der Waals surface area contributed by atoms with Gasteiger partial charge in [0, 0.05) is 4.86 Å². The van der Waals surface area contributed by atoms with Gasteiger partial charge >= 0.3 is 0 Å². The molecule has 0 amide bonds. The van der Waals surface area contributed by atoms with Crippen LogP contribution in [0, 0.1) is 0 Å². The molecule has 0 spiro atoms. The molecule has 0 saturated carbocycles. The van der Waals surface area contributed by atoms with Crippen LogP contribution in [0.15, 0.2) is 0 Å². The summed E-state index contributed by atoms with van der Waals surface area (Å²) >= 11 is 7.35. The number of carbonyl (C=O) groups excluding carboxylic acids is 1. The Hall–Kier alpha value is 0.460. The molecular weight excluding hydrogens is 155 g/mol. The molecule has 0 atom stereocenters. The van der Waals surface area contributed by atoms with Crippen molar-refractivity contribution in [2.45, 2.75) is 0 Å². The van der Waals surface area contributed by atoms with E-state index < -0.39 is 11.3 Å². The molecule has 0 aliphatic heterocycles. The van der Waals surface area contributed by atoms with Crippen LogP contribution in [0.5, 0.6) is 0 Å². The van der Waals surface area contributed by atoms with Gasteiger partial charge in [0.05, 0.1) is 0 Å². The van der Waals surface area contributed by atoms with Crippen molar-refractivity contribution in [1.82, 2.24) is 0 Å². The van der Waals surface area contributed by atoms with Crippen molar-refractivity contribution in [2.24, 2.45) is 0 Å². The topological polar surface area (TPSA) is 63.2 Å². The SMILES string of the molecule is O=C([S-])P([O-])([O-])=S. The van der Waals surface area contributed by atoms with E-state index in [1.54, 1.807) is 0 Å². The molecular formula is CO3PS2-3.